The Hall–Kier alpha value is -1.62. The van der Waals surface area contributed by atoms with Gasteiger partial charge in [-0.2, -0.15) is 0 Å². The first-order valence-electron chi connectivity index (χ1n) is 22.9. The zero-order chi connectivity index (χ0) is 37.8. The predicted molar refractivity (Wildman–Crippen MR) is 224 cm³/mol. The van der Waals surface area contributed by atoms with Gasteiger partial charge in [-0.15, -0.1) is 0 Å². The van der Waals surface area contributed by atoms with Gasteiger partial charge in [0.05, 0.1) is 6.61 Å². The van der Waals surface area contributed by atoms with E-state index in [4.69, 9.17) is 14.2 Å². The van der Waals surface area contributed by atoms with Crippen molar-refractivity contribution in [2.24, 2.45) is 0 Å². The second kappa shape index (κ2) is 43.8. The molecule has 0 fully saturated rings. The number of hydrogen-bond acceptors (Lipinski definition) is 5. The summed E-state index contributed by atoms with van der Waals surface area (Å²) in [5.74, 6) is -0.398. The van der Waals surface area contributed by atoms with E-state index in [-0.39, 0.29) is 18.5 Å². The maximum absolute atomic E-state index is 12.7. The summed E-state index contributed by atoms with van der Waals surface area (Å²) in [7, 11) is 0. The van der Waals surface area contributed by atoms with Crippen molar-refractivity contribution >= 4 is 11.9 Å². The van der Waals surface area contributed by atoms with E-state index in [0.717, 1.165) is 51.4 Å². The van der Waals surface area contributed by atoms with Gasteiger partial charge >= 0.3 is 11.9 Å². The van der Waals surface area contributed by atoms with E-state index in [2.05, 4.69) is 45.1 Å². The van der Waals surface area contributed by atoms with Crippen molar-refractivity contribution in [1.29, 1.82) is 0 Å². The van der Waals surface area contributed by atoms with Crippen LogP contribution in [0.2, 0.25) is 0 Å². The van der Waals surface area contributed by atoms with Gasteiger partial charge in [0.15, 0.2) is 6.10 Å². The van der Waals surface area contributed by atoms with Gasteiger partial charge in [0.25, 0.3) is 0 Å². The van der Waals surface area contributed by atoms with E-state index in [9.17, 15) is 9.59 Å². The molecule has 0 N–H and O–H groups in total. The number of carbonyl (C=O) groups excluding carboxylic acids is 2. The summed E-state index contributed by atoms with van der Waals surface area (Å²) in [5.41, 5.74) is 0. The third-order valence-corrected chi connectivity index (χ3v) is 9.99. The van der Waals surface area contributed by atoms with Crippen LogP contribution in [0.25, 0.3) is 0 Å². The fourth-order valence-corrected chi connectivity index (χ4v) is 6.54. The van der Waals surface area contributed by atoms with Crippen molar-refractivity contribution in [2.45, 2.75) is 245 Å². The average molecular weight is 733 g/mol. The third-order valence-electron chi connectivity index (χ3n) is 9.99. The molecule has 306 valence electrons. The summed E-state index contributed by atoms with van der Waals surface area (Å²) < 4.78 is 17.2. The highest BCUT2D eigenvalue weighted by atomic mass is 16.6. The zero-order valence-corrected chi connectivity index (χ0v) is 35.1. The summed E-state index contributed by atoms with van der Waals surface area (Å²) in [6.45, 7) is 7.78. The molecule has 0 amide bonds. The van der Waals surface area contributed by atoms with Gasteiger partial charge in [0.2, 0.25) is 0 Å². The fourth-order valence-electron chi connectivity index (χ4n) is 6.54. The van der Waals surface area contributed by atoms with Gasteiger partial charge < -0.3 is 14.2 Å². The molecule has 1 atom stereocenters. The summed E-state index contributed by atoms with van der Waals surface area (Å²) in [6, 6.07) is 0. The van der Waals surface area contributed by atoms with Gasteiger partial charge in [-0.1, -0.05) is 199 Å². The van der Waals surface area contributed by atoms with E-state index < -0.39 is 6.10 Å². The molecule has 0 saturated heterocycles. The summed E-state index contributed by atoms with van der Waals surface area (Å²) >= 11 is 0. The molecule has 0 aliphatic rings. The van der Waals surface area contributed by atoms with Crippen LogP contribution in [0.4, 0.5) is 0 Å². The van der Waals surface area contributed by atoms with Crippen molar-refractivity contribution in [1.82, 2.24) is 0 Å². The first-order chi connectivity index (χ1) is 25.6. The number of unbranched alkanes of at least 4 members (excludes halogenated alkanes) is 27. The van der Waals surface area contributed by atoms with Crippen molar-refractivity contribution in [3.8, 4) is 0 Å². The number of allylic oxidation sites excluding steroid dienone is 4. The van der Waals surface area contributed by atoms with Gasteiger partial charge in [0, 0.05) is 19.4 Å². The van der Waals surface area contributed by atoms with Crippen LogP contribution in [0.3, 0.4) is 0 Å². The largest absolute Gasteiger partial charge is 0.462 e. The maximum Gasteiger partial charge on any atom is 0.306 e. The minimum atomic E-state index is -0.527. The quantitative estimate of drug-likeness (QED) is 0.0355. The highest BCUT2D eigenvalue weighted by Gasteiger charge is 2.17. The van der Waals surface area contributed by atoms with Gasteiger partial charge in [-0.25, -0.2) is 0 Å². The number of ether oxygens (including phenoxy) is 3. The van der Waals surface area contributed by atoms with Crippen LogP contribution in [0, 0.1) is 0 Å². The Bertz CT molecular complexity index is 791. The van der Waals surface area contributed by atoms with Crippen LogP contribution in [-0.2, 0) is 23.8 Å². The van der Waals surface area contributed by atoms with Crippen molar-refractivity contribution in [3.05, 3.63) is 24.3 Å². The SMILES string of the molecule is CCCCC/C=C\C/C=C\CCCCCCCCCC(=O)OCC(COCCCCCCCC)OC(=O)CCCCCCCCCCCCCCC. The molecule has 0 aliphatic heterocycles. The summed E-state index contributed by atoms with van der Waals surface area (Å²) in [4.78, 5) is 25.1. The Morgan fingerprint density at radius 1 is 0.423 bits per heavy atom. The second-order valence-electron chi connectivity index (χ2n) is 15.3. The molecular weight excluding hydrogens is 645 g/mol. The Morgan fingerprint density at radius 2 is 0.808 bits per heavy atom. The molecule has 0 aliphatic carbocycles. The molecule has 0 aromatic rings. The summed E-state index contributed by atoms with van der Waals surface area (Å²) in [5, 5.41) is 0. The summed E-state index contributed by atoms with van der Waals surface area (Å²) in [6.07, 6.45) is 48.9. The van der Waals surface area contributed by atoms with Crippen LogP contribution >= 0.6 is 0 Å². The smallest absolute Gasteiger partial charge is 0.306 e. The molecule has 1 unspecified atom stereocenters. The van der Waals surface area contributed by atoms with Gasteiger partial charge in [-0.3, -0.25) is 9.59 Å². The Labute approximate surface area is 324 Å². The van der Waals surface area contributed by atoms with Crippen molar-refractivity contribution in [3.63, 3.8) is 0 Å². The minimum absolute atomic E-state index is 0.0867. The van der Waals surface area contributed by atoms with Crippen LogP contribution in [-0.4, -0.2) is 37.9 Å². The maximum atomic E-state index is 12.7. The highest BCUT2D eigenvalue weighted by Crippen LogP contribution is 2.15. The lowest BCUT2D eigenvalue weighted by molar-refractivity contribution is -0.163. The van der Waals surface area contributed by atoms with E-state index >= 15 is 0 Å². The molecule has 5 nitrogen and oxygen atoms in total. The molecule has 0 heterocycles. The third kappa shape index (κ3) is 41.1. The normalized spacial score (nSPS) is 12.3. The Kier molecular flexibility index (Phi) is 42.4. The lowest BCUT2D eigenvalue weighted by atomic mass is 10.0. The number of carbonyl (C=O) groups is 2. The van der Waals surface area contributed by atoms with Crippen LogP contribution in [0.1, 0.15) is 239 Å². The standard InChI is InChI=1S/C47H88O5/c1-4-7-10-13-16-18-20-22-23-24-25-27-28-30-32-34-37-40-46(48)51-44-45(43-50-42-39-36-15-12-9-6-3)52-47(49)41-38-35-33-31-29-26-21-19-17-14-11-8-5-2/h16,18,22-23,45H,4-15,17,19-21,24-44H2,1-3H3/b18-16-,23-22-. The molecule has 0 saturated carbocycles. The van der Waals surface area contributed by atoms with Crippen molar-refractivity contribution < 1.29 is 23.8 Å². The van der Waals surface area contributed by atoms with Gasteiger partial charge in [0.1, 0.15) is 6.61 Å². The molecule has 5 heteroatoms. The second-order valence-corrected chi connectivity index (χ2v) is 15.3. The van der Waals surface area contributed by atoms with E-state index in [1.54, 1.807) is 0 Å². The molecule has 0 rings (SSSR count). The van der Waals surface area contributed by atoms with Gasteiger partial charge in [-0.05, 0) is 51.4 Å². The molecule has 0 aromatic heterocycles. The molecule has 0 radical (unpaired) electrons. The van der Waals surface area contributed by atoms with Crippen LogP contribution < -0.4 is 0 Å². The van der Waals surface area contributed by atoms with E-state index in [0.29, 0.717) is 26.1 Å². The minimum Gasteiger partial charge on any atom is -0.462 e. The fraction of sp³-hybridized carbons (Fsp3) is 0.872. The predicted octanol–water partition coefficient (Wildman–Crippen LogP) is 14.9. The van der Waals surface area contributed by atoms with E-state index in [1.807, 2.05) is 0 Å². The first kappa shape index (κ1) is 50.4. The molecule has 0 spiro atoms. The van der Waals surface area contributed by atoms with Crippen molar-refractivity contribution in [2.75, 3.05) is 19.8 Å². The average Bonchev–Trinajstić information content (AvgIpc) is 3.14. The van der Waals surface area contributed by atoms with Crippen LogP contribution in [0.5, 0.6) is 0 Å². The Morgan fingerprint density at radius 3 is 1.31 bits per heavy atom. The molecular formula is C47H88O5. The first-order valence-corrected chi connectivity index (χ1v) is 22.9. The number of rotatable bonds is 42. The number of hydrogen-bond donors (Lipinski definition) is 0. The Balaban J connectivity index is 4.09. The lowest BCUT2D eigenvalue weighted by Crippen LogP contribution is -2.30. The monoisotopic (exact) mass is 733 g/mol. The van der Waals surface area contributed by atoms with E-state index in [1.165, 1.54) is 154 Å². The zero-order valence-electron chi connectivity index (χ0n) is 35.1. The molecule has 0 bridgehead atoms. The highest BCUT2D eigenvalue weighted by molar-refractivity contribution is 5.70. The molecule has 0 aromatic carbocycles. The number of esters is 2. The molecule has 52 heavy (non-hydrogen) atoms. The lowest BCUT2D eigenvalue weighted by Gasteiger charge is -2.18. The topological polar surface area (TPSA) is 61.8 Å². The van der Waals surface area contributed by atoms with Crippen LogP contribution in [0.15, 0.2) is 24.3 Å².